The Morgan fingerprint density at radius 2 is 1.91 bits per heavy atom. The number of carbonyl (C=O) groups excluding carboxylic acids is 1. The second-order valence-electron chi connectivity index (χ2n) is 9.78. The summed E-state index contributed by atoms with van der Waals surface area (Å²) in [7, 11) is 0. The Labute approximate surface area is 201 Å². The zero-order valence-electron chi connectivity index (χ0n) is 20.0. The van der Waals surface area contributed by atoms with Crippen LogP contribution in [0.1, 0.15) is 62.0 Å². The standard InChI is InChI=1S/C26H27F3N4O2/c1-13(16-6-5-7-17(22(16)27)23(28)29)30-24-19-11-21-20(10-18(19)14(2)31-32-24)26(3,4)25(34)33(21)15-8-9-35-12-15/h5-7,10-11,13,15,23H,8-9,12H2,1-4H3,(H,30,32)/t13-,15-/m1/s1. The van der Waals surface area contributed by atoms with Gasteiger partial charge in [-0.25, -0.2) is 13.2 Å². The van der Waals surface area contributed by atoms with E-state index < -0.39 is 29.3 Å². The smallest absolute Gasteiger partial charge is 0.266 e. The fourth-order valence-electron chi connectivity index (χ4n) is 5.09. The van der Waals surface area contributed by atoms with Gasteiger partial charge in [0.15, 0.2) is 5.82 Å². The minimum atomic E-state index is -2.91. The first-order valence-corrected chi connectivity index (χ1v) is 11.7. The van der Waals surface area contributed by atoms with Gasteiger partial charge in [-0.05, 0) is 51.8 Å². The summed E-state index contributed by atoms with van der Waals surface area (Å²) in [5.41, 5.74) is 1.17. The molecule has 0 spiro atoms. The number of fused-ring (bicyclic) bond motifs is 2. The maximum absolute atomic E-state index is 14.8. The van der Waals surface area contributed by atoms with Gasteiger partial charge in [0, 0.05) is 28.6 Å². The molecular formula is C26H27F3N4O2. The third-order valence-electron chi connectivity index (χ3n) is 7.15. The average molecular weight is 485 g/mol. The van der Waals surface area contributed by atoms with Crippen molar-refractivity contribution in [1.82, 2.24) is 10.2 Å². The number of nitrogens with zero attached hydrogens (tertiary/aromatic N) is 3. The first-order valence-electron chi connectivity index (χ1n) is 11.7. The average Bonchev–Trinajstić information content (AvgIpc) is 3.40. The molecule has 0 bridgehead atoms. The number of amides is 1. The summed E-state index contributed by atoms with van der Waals surface area (Å²) in [4.78, 5) is 15.3. The van der Waals surface area contributed by atoms with Gasteiger partial charge < -0.3 is 15.0 Å². The number of nitrogens with one attached hydrogen (secondary N) is 1. The molecule has 1 fully saturated rings. The summed E-state index contributed by atoms with van der Waals surface area (Å²) in [6.45, 7) is 8.45. The lowest BCUT2D eigenvalue weighted by Crippen LogP contribution is -2.43. The highest BCUT2D eigenvalue weighted by molar-refractivity contribution is 6.11. The number of aryl methyl sites for hydroxylation is 1. The highest BCUT2D eigenvalue weighted by Gasteiger charge is 2.47. The fraction of sp³-hybridized carbons (Fsp3) is 0.423. The second kappa shape index (κ2) is 8.48. The summed E-state index contributed by atoms with van der Waals surface area (Å²) in [6, 6.07) is 7.19. The van der Waals surface area contributed by atoms with Crippen molar-refractivity contribution in [3.8, 4) is 0 Å². The highest BCUT2D eigenvalue weighted by atomic mass is 19.3. The Morgan fingerprint density at radius 3 is 2.60 bits per heavy atom. The number of rotatable bonds is 5. The summed E-state index contributed by atoms with van der Waals surface area (Å²) >= 11 is 0. The van der Waals surface area contributed by atoms with Crippen molar-refractivity contribution in [3.05, 3.63) is 58.5 Å². The number of anilines is 2. The van der Waals surface area contributed by atoms with Gasteiger partial charge in [0.25, 0.3) is 6.43 Å². The zero-order valence-corrected chi connectivity index (χ0v) is 20.0. The van der Waals surface area contributed by atoms with Crippen molar-refractivity contribution >= 4 is 28.2 Å². The number of carbonyl (C=O) groups is 1. The normalized spacial score (nSPS) is 20.1. The van der Waals surface area contributed by atoms with Gasteiger partial charge in [-0.15, -0.1) is 5.10 Å². The maximum atomic E-state index is 14.8. The van der Waals surface area contributed by atoms with Crippen LogP contribution in [0.2, 0.25) is 0 Å². The topological polar surface area (TPSA) is 67.4 Å². The second-order valence-corrected chi connectivity index (χ2v) is 9.78. The van der Waals surface area contributed by atoms with E-state index in [1.54, 1.807) is 6.92 Å². The first kappa shape index (κ1) is 23.5. The number of halogens is 3. The molecule has 1 amide bonds. The van der Waals surface area contributed by atoms with Crippen LogP contribution < -0.4 is 10.2 Å². The lowest BCUT2D eigenvalue weighted by Gasteiger charge is -2.25. The summed E-state index contributed by atoms with van der Waals surface area (Å²) in [5, 5.41) is 13.3. The van der Waals surface area contributed by atoms with Gasteiger partial charge in [0.2, 0.25) is 5.91 Å². The van der Waals surface area contributed by atoms with Crippen LogP contribution in [0.4, 0.5) is 24.7 Å². The van der Waals surface area contributed by atoms with Gasteiger partial charge in [-0.2, -0.15) is 5.10 Å². The van der Waals surface area contributed by atoms with Gasteiger partial charge in [-0.3, -0.25) is 4.79 Å². The number of hydrogen-bond acceptors (Lipinski definition) is 5. The number of aromatic nitrogens is 2. The molecule has 0 aliphatic carbocycles. The van der Waals surface area contributed by atoms with E-state index in [4.69, 9.17) is 4.74 Å². The number of hydrogen-bond donors (Lipinski definition) is 1. The SMILES string of the molecule is Cc1nnc(N[C@H](C)c2cccc(C(F)F)c2F)c2cc3c(cc12)C(C)(C)C(=O)N3[C@@H]1CCOC1. The van der Waals surface area contributed by atoms with Crippen LogP contribution in [0.5, 0.6) is 0 Å². The van der Waals surface area contributed by atoms with E-state index in [0.29, 0.717) is 24.7 Å². The Morgan fingerprint density at radius 1 is 1.17 bits per heavy atom. The predicted molar refractivity (Wildman–Crippen MR) is 127 cm³/mol. The van der Waals surface area contributed by atoms with Crippen LogP contribution in [0.25, 0.3) is 10.8 Å². The monoisotopic (exact) mass is 484 g/mol. The molecule has 2 atom stereocenters. The molecule has 2 aliphatic heterocycles. The van der Waals surface area contributed by atoms with Crippen molar-refractivity contribution in [2.75, 3.05) is 23.4 Å². The quantitative estimate of drug-likeness (QED) is 0.511. The zero-order chi connectivity index (χ0) is 25.1. The first-order chi connectivity index (χ1) is 16.6. The van der Waals surface area contributed by atoms with Crippen molar-refractivity contribution < 1.29 is 22.7 Å². The fourth-order valence-corrected chi connectivity index (χ4v) is 5.09. The maximum Gasteiger partial charge on any atom is 0.266 e. The molecule has 3 heterocycles. The molecule has 3 aromatic rings. The molecule has 0 radical (unpaired) electrons. The highest BCUT2D eigenvalue weighted by Crippen LogP contribution is 2.46. The lowest BCUT2D eigenvalue weighted by atomic mass is 9.85. The van der Waals surface area contributed by atoms with Crippen molar-refractivity contribution in [2.45, 2.75) is 58.0 Å². The Balaban J connectivity index is 1.60. The van der Waals surface area contributed by atoms with E-state index in [0.717, 1.165) is 34.5 Å². The molecule has 1 aromatic heterocycles. The minimum Gasteiger partial charge on any atom is -0.379 e. The summed E-state index contributed by atoms with van der Waals surface area (Å²) in [5.74, 6) is -0.527. The van der Waals surface area contributed by atoms with Gasteiger partial charge >= 0.3 is 0 Å². The van der Waals surface area contributed by atoms with Crippen LogP contribution >= 0.6 is 0 Å². The summed E-state index contributed by atoms with van der Waals surface area (Å²) in [6.07, 6.45) is -2.15. The van der Waals surface area contributed by atoms with Crippen LogP contribution in [0, 0.1) is 12.7 Å². The molecule has 35 heavy (non-hydrogen) atoms. The van der Waals surface area contributed by atoms with Gasteiger partial charge in [-0.1, -0.05) is 18.2 Å². The molecule has 2 aliphatic rings. The Bertz CT molecular complexity index is 1320. The number of benzene rings is 2. The molecule has 2 aromatic carbocycles. The molecule has 1 saturated heterocycles. The van der Waals surface area contributed by atoms with Gasteiger partial charge in [0.1, 0.15) is 5.82 Å². The predicted octanol–water partition coefficient (Wildman–Crippen LogP) is 5.60. The molecule has 1 N–H and O–H groups in total. The van der Waals surface area contributed by atoms with Crippen molar-refractivity contribution in [2.24, 2.45) is 0 Å². The van der Waals surface area contributed by atoms with Crippen LogP contribution in [-0.2, 0) is 14.9 Å². The van der Waals surface area contributed by atoms with Crippen LogP contribution in [0.15, 0.2) is 30.3 Å². The molecule has 0 saturated carbocycles. The Kier molecular flexibility index (Phi) is 5.70. The molecule has 5 rings (SSSR count). The largest absolute Gasteiger partial charge is 0.379 e. The molecule has 9 heteroatoms. The van der Waals surface area contributed by atoms with E-state index in [1.165, 1.54) is 12.1 Å². The van der Waals surface area contributed by atoms with Crippen molar-refractivity contribution in [1.29, 1.82) is 0 Å². The summed E-state index contributed by atoms with van der Waals surface area (Å²) < 4.78 is 46.8. The van der Waals surface area contributed by atoms with E-state index >= 15 is 0 Å². The van der Waals surface area contributed by atoms with E-state index in [9.17, 15) is 18.0 Å². The third kappa shape index (κ3) is 3.73. The number of alkyl halides is 2. The number of ether oxygens (including phenoxy) is 1. The van der Waals surface area contributed by atoms with E-state index in [-0.39, 0.29) is 17.5 Å². The molecular weight excluding hydrogens is 457 g/mol. The van der Waals surface area contributed by atoms with Crippen molar-refractivity contribution in [3.63, 3.8) is 0 Å². The third-order valence-corrected chi connectivity index (χ3v) is 7.15. The molecule has 6 nitrogen and oxygen atoms in total. The molecule has 184 valence electrons. The minimum absolute atomic E-state index is 0.0191. The molecule has 0 unspecified atom stereocenters. The Hall–Kier alpha value is -3.20. The van der Waals surface area contributed by atoms with E-state index in [2.05, 4.69) is 15.5 Å². The van der Waals surface area contributed by atoms with Crippen LogP contribution in [0.3, 0.4) is 0 Å². The van der Waals surface area contributed by atoms with E-state index in [1.807, 2.05) is 37.8 Å². The van der Waals surface area contributed by atoms with Gasteiger partial charge in [0.05, 0.1) is 35.4 Å². The van der Waals surface area contributed by atoms with Crippen LogP contribution in [-0.4, -0.2) is 35.4 Å². The lowest BCUT2D eigenvalue weighted by molar-refractivity contribution is -0.122.